The van der Waals surface area contributed by atoms with E-state index in [1.165, 1.54) is 0 Å². The van der Waals surface area contributed by atoms with E-state index in [0.29, 0.717) is 11.3 Å². The molecule has 1 amide bonds. The van der Waals surface area contributed by atoms with Crippen molar-refractivity contribution in [3.8, 4) is 17.4 Å². The fourth-order valence-electron chi connectivity index (χ4n) is 2.27. The molecule has 0 aliphatic carbocycles. The molecule has 2 aromatic carbocycles. The topological polar surface area (TPSA) is 66.0 Å². The summed E-state index contributed by atoms with van der Waals surface area (Å²) in [4.78, 5) is 12.2. The smallest absolute Gasteiger partial charge is 0.291 e. The van der Waals surface area contributed by atoms with Gasteiger partial charge in [0.25, 0.3) is 5.91 Å². The number of furan rings is 1. The fraction of sp³-hybridized carbons (Fsp3) is 0.0526. The minimum absolute atomic E-state index is 0.226. The Balaban J connectivity index is 1.81. The van der Waals surface area contributed by atoms with Crippen molar-refractivity contribution in [2.75, 3.05) is 5.32 Å². The summed E-state index contributed by atoms with van der Waals surface area (Å²) in [5, 5.41) is 11.7. The summed E-state index contributed by atoms with van der Waals surface area (Å²) < 4.78 is 5.61. The fourth-order valence-corrected chi connectivity index (χ4v) is 2.27. The van der Waals surface area contributed by atoms with E-state index in [4.69, 9.17) is 9.68 Å². The van der Waals surface area contributed by atoms with Crippen molar-refractivity contribution in [1.29, 1.82) is 5.26 Å². The lowest BCUT2D eigenvalue weighted by molar-refractivity contribution is 0.0997. The van der Waals surface area contributed by atoms with Gasteiger partial charge in [-0.15, -0.1) is 0 Å². The Labute approximate surface area is 134 Å². The van der Waals surface area contributed by atoms with Gasteiger partial charge in [-0.3, -0.25) is 4.79 Å². The third-order valence-electron chi connectivity index (χ3n) is 3.38. The number of hydrogen-bond donors (Lipinski definition) is 1. The van der Waals surface area contributed by atoms with E-state index in [0.717, 1.165) is 16.8 Å². The van der Waals surface area contributed by atoms with Crippen LogP contribution in [-0.4, -0.2) is 5.91 Å². The summed E-state index contributed by atoms with van der Waals surface area (Å²) in [5.74, 6) is 0.471. The molecule has 1 aromatic heterocycles. The SMILES string of the molecule is Cc1cccc(NC(=O)c2ccc(-c3cccc(C#N)c3)o2)c1. The minimum Gasteiger partial charge on any atom is -0.451 e. The Morgan fingerprint density at radius 1 is 1.09 bits per heavy atom. The summed E-state index contributed by atoms with van der Waals surface area (Å²) in [5.41, 5.74) is 3.10. The highest BCUT2D eigenvalue weighted by atomic mass is 16.3. The van der Waals surface area contributed by atoms with E-state index in [1.54, 1.807) is 30.3 Å². The highest BCUT2D eigenvalue weighted by molar-refractivity contribution is 6.02. The standard InChI is InChI=1S/C19H14N2O2/c1-13-4-2-7-16(10-13)21-19(22)18-9-8-17(23-18)15-6-3-5-14(11-15)12-20/h2-11H,1H3,(H,21,22). The number of nitrogens with zero attached hydrogens (tertiary/aromatic N) is 1. The Morgan fingerprint density at radius 2 is 1.91 bits per heavy atom. The van der Waals surface area contributed by atoms with Gasteiger partial charge in [-0.05, 0) is 48.9 Å². The summed E-state index contributed by atoms with van der Waals surface area (Å²) >= 11 is 0. The quantitative estimate of drug-likeness (QED) is 0.780. The summed E-state index contributed by atoms with van der Waals surface area (Å²) in [7, 11) is 0. The van der Waals surface area contributed by atoms with Gasteiger partial charge in [-0.2, -0.15) is 5.26 Å². The van der Waals surface area contributed by atoms with Crippen LogP contribution < -0.4 is 5.32 Å². The maximum atomic E-state index is 12.2. The molecule has 0 radical (unpaired) electrons. The molecule has 0 saturated heterocycles. The second-order valence-corrected chi connectivity index (χ2v) is 5.18. The van der Waals surface area contributed by atoms with Gasteiger partial charge in [0, 0.05) is 11.3 Å². The van der Waals surface area contributed by atoms with Crippen LogP contribution >= 0.6 is 0 Å². The molecule has 4 heteroatoms. The number of amides is 1. The highest BCUT2D eigenvalue weighted by Gasteiger charge is 2.12. The number of aryl methyl sites for hydroxylation is 1. The number of nitriles is 1. The van der Waals surface area contributed by atoms with Crippen molar-refractivity contribution in [2.45, 2.75) is 6.92 Å². The van der Waals surface area contributed by atoms with E-state index in [2.05, 4.69) is 11.4 Å². The monoisotopic (exact) mass is 302 g/mol. The number of nitrogens with one attached hydrogen (secondary N) is 1. The van der Waals surface area contributed by atoms with Crippen LogP contribution in [0.15, 0.2) is 65.1 Å². The predicted octanol–water partition coefficient (Wildman–Crippen LogP) is 4.38. The average Bonchev–Trinajstić information content (AvgIpc) is 3.05. The van der Waals surface area contributed by atoms with Gasteiger partial charge in [0.05, 0.1) is 11.6 Å². The van der Waals surface area contributed by atoms with Gasteiger partial charge in [0.15, 0.2) is 5.76 Å². The number of anilines is 1. The second-order valence-electron chi connectivity index (χ2n) is 5.18. The summed E-state index contributed by atoms with van der Waals surface area (Å²) in [6, 6.07) is 20.0. The first kappa shape index (κ1) is 14.6. The summed E-state index contributed by atoms with van der Waals surface area (Å²) in [6.45, 7) is 1.96. The number of carbonyl (C=O) groups excluding carboxylic acids is 1. The van der Waals surface area contributed by atoms with Crippen LogP contribution in [0.5, 0.6) is 0 Å². The number of benzene rings is 2. The van der Waals surface area contributed by atoms with Crippen molar-refractivity contribution < 1.29 is 9.21 Å². The van der Waals surface area contributed by atoms with E-state index >= 15 is 0 Å². The second kappa shape index (κ2) is 6.20. The van der Waals surface area contributed by atoms with Crippen LogP contribution in [0, 0.1) is 18.3 Å². The van der Waals surface area contributed by atoms with Gasteiger partial charge in [-0.25, -0.2) is 0 Å². The normalized spacial score (nSPS) is 10.1. The van der Waals surface area contributed by atoms with Gasteiger partial charge in [0.1, 0.15) is 5.76 Å². The molecule has 1 heterocycles. The molecule has 4 nitrogen and oxygen atoms in total. The number of hydrogen-bond acceptors (Lipinski definition) is 3. The van der Waals surface area contributed by atoms with Crippen LogP contribution in [0.1, 0.15) is 21.7 Å². The first-order valence-electron chi connectivity index (χ1n) is 7.14. The van der Waals surface area contributed by atoms with Crippen molar-refractivity contribution in [1.82, 2.24) is 0 Å². The van der Waals surface area contributed by atoms with Crippen LogP contribution in [0.2, 0.25) is 0 Å². The Hall–Kier alpha value is -3.32. The predicted molar refractivity (Wildman–Crippen MR) is 88.0 cm³/mol. The van der Waals surface area contributed by atoms with Gasteiger partial charge in [-0.1, -0.05) is 24.3 Å². The Morgan fingerprint density at radius 3 is 2.70 bits per heavy atom. The van der Waals surface area contributed by atoms with E-state index in [1.807, 2.05) is 37.3 Å². The van der Waals surface area contributed by atoms with Gasteiger partial charge < -0.3 is 9.73 Å². The van der Waals surface area contributed by atoms with E-state index < -0.39 is 0 Å². The molecule has 0 atom stereocenters. The summed E-state index contributed by atoms with van der Waals surface area (Å²) in [6.07, 6.45) is 0. The zero-order valence-electron chi connectivity index (χ0n) is 12.5. The molecule has 0 saturated carbocycles. The van der Waals surface area contributed by atoms with Gasteiger partial charge >= 0.3 is 0 Å². The maximum absolute atomic E-state index is 12.2. The lowest BCUT2D eigenvalue weighted by Crippen LogP contribution is -2.10. The van der Waals surface area contributed by atoms with Crippen molar-refractivity contribution in [3.05, 3.63) is 77.6 Å². The Bertz CT molecular complexity index is 903. The molecule has 3 rings (SSSR count). The number of carbonyl (C=O) groups is 1. The molecule has 112 valence electrons. The molecular weight excluding hydrogens is 288 g/mol. The zero-order chi connectivity index (χ0) is 16.2. The third kappa shape index (κ3) is 3.30. The molecule has 1 N–H and O–H groups in total. The molecular formula is C19H14N2O2. The van der Waals surface area contributed by atoms with E-state index in [-0.39, 0.29) is 11.7 Å². The number of rotatable bonds is 3. The van der Waals surface area contributed by atoms with Gasteiger partial charge in [0.2, 0.25) is 0 Å². The lowest BCUT2D eigenvalue weighted by atomic mass is 10.1. The molecule has 23 heavy (non-hydrogen) atoms. The van der Waals surface area contributed by atoms with E-state index in [9.17, 15) is 4.79 Å². The molecule has 0 aliphatic heterocycles. The molecule has 0 fully saturated rings. The van der Waals surface area contributed by atoms with Crippen LogP contribution in [-0.2, 0) is 0 Å². The molecule has 0 unspecified atom stereocenters. The lowest BCUT2D eigenvalue weighted by Gasteiger charge is -2.04. The zero-order valence-corrected chi connectivity index (χ0v) is 12.5. The molecule has 0 aliphatic rings. The van der Waals surface area contributed by atoms with Crippen molar-refractivity contribution in [2.24, 2.45) is 0 Å². The van der Waals surface area contributed by atoms with Crippen LogP contribution in [0.3, 0.4) is 0 Å². The minimum atomic E-state index is -0.307. The van der Waals surface area contributed by atoms with Crippen molar-refractivity contribution in [3.63, 3.8) is 0 Å². The first-order chi connectivity index (χ1) is 11.2. The first-order valence-corrected chi connectivity index (χ1v) is 7.14. The highest BCUT2D eigenvalue weighted by Crippen LogP contribution is 2.23. The molecule has 0 spiro atoms. The molecule has 3 aromatic rings. The van der Waals surface area contributed by atoms with Crippen LogP contribution in [0.4, 0.5) is 5.69 Å². The average molecular weight is 302 g/mol. The molecule has 0 bridgehead atoms. The third-order valence-corrected chi connectivity index (χ3v) is 3.38. The van der Waals surface area contributed by atoms with Crippen molar-refractivity contribution >= 4 is 11.6 Å². The maximum Gasteiger partial charge on any atom is 0.291 e. The Kier molecular flexibility index (Phi) is 3.94. The largest absolute Gasteiger partial charge is 0.451 e. The van der Waals surface area contributed by atoms with Crippen LogP contribution in [0.25, 0.3) is 11.3 Å².